The van der Waals surface area contributed by atoms with Crippen molar-refractivity contribution in [2.24, 2.45) is 0 Å². The van der Waals surface area contributed by atoms with E-state index in [1.54, 1.807) is 43.3 Å². The molecule has 0 atom stereocenters. The van der Waals surface area contributed by atoms with Crippen LogP contribution in [0.3, 0.4) is 0 Å². The van der Waals surface area contributed by atoms with Crippen molar-refractivity contribution in [1.29, 1.82) is 0 Å². The van der Waals surface area contributed by atoms with Gasteiger partial charge in [-0.2, -0.15) is 0 Å². The van der Waals surface area contributed by atoms with Gasteiger partial charge in [0.05, 0.1) is 0 Å². The topological polar surface area (TPSA) is 97.1 Å². The highest BCUT2D eigenvalue weighted by molar-refractivity contribution is 6.30. The zero-order valence-corrected chi connectivity index (χ0v) is 13.9. The van der Waals surface area contributed by atoms with E-state index < -0.39 is 11.8 Å². The van der Waals surface area contributed by atoms with Gasteiger partial charge >= 0.3 is 0 Å². The third kappa shape index (κ3) is 4.21. The second kappa shape index (κ2) is 7.14. The lowest BCUT2D eigenvalue weighted by molar-refractivity contribution is 0.101. The zero-order chi connectivity index (χ0) is 17.8. The molecule has 1 aromatic carbocycles. The van der Waals surface area contributed by atoms with E-state index in [2.05, 4.69) is 20.8 Å². The maximum Gasteiger partial charge on any atom is 0.275 e. The molecule has 7 nitrogen and oxygen atoms in total. The maximum atomic E-state index is 12.3. The molecule has 0 saturated heterocycles. The van der Waals surface area contributed by atoms with Crippen LogP contribution in [-0.4, -0.2) is 22.0 Å². The first kappa shape index (κ1) is 16.7. The van der Waals surface area contributed by atoms with Gasteiger partial charge in [0.1, 0.15) is 17.1 Å². The van der Waals surface area contributed by atoms with Crippen molar-refractivity contribution in [2.45, 2.75) is 6.92 Å². The normalized spacial score (nSPS) is 10.3. The molecule has 0 aliphatic heterocycles. The molecule has 2 aromatic heterocycles. The van der Waals surface area contributed by atoms with E-state index in [1.807, 2.05) is 0 Å². The molecule has 126 valence electrons. The van der Waals surface area contributed by atoms with Crippen LogP contribution >= 0.6 is 11.6 Å². The molecule has 0 unspecified atom stereocenters. The Kier molecular flexibility index (Phi) is 4.76. The van der Waals surface area contributed by atoms with E-state index in [9.17, 15) is 9.59 Å². The summed E-state index contributed by atoms with van der Waals surface area (Å²) in [6.07, 6.45) is 0. The molecular formula is C17H13ClN4O3. The van der Waals surface area contributed by atoms with Gasteiger partial charge in [-0.1, -0.05) is 22.8 Å². The van der Waals surface area contributed by atoms with Crippen LogP contribution in [0.15, 0.2) is 53.1 Å². The fourth-order valence-electron chi connectivity index (χ4n) is 2.02. The molecule has 0 saturated carbocycles. The van der Waals surface area contributed by atoms with E-state index in [0.29, 0.717) is 16.5 Å². The first-order valence-corrected chi connectivity index (χ1v) is 7.68. The summed E-state index contributed by atoms with van der Waals surface area (Å²) in [6, 6.07) is 12.8. The van der Waals surface area contributed by atoms with Crippen LogP contribution in [0.25, 0.3) is 0 Å². The third-order valence-corrected chi connectivity index (χ3v) is 3.44. The minimum absolute atomic E-state index is 0.0874. The maximum absolute atomic E-state index is 12.3. The quantitative estimate of drug-likeness (QED) is 0.745. The van der Waals surface area contributed by atoms with Crippen molar-refractivity contribution >= 4 is 34.9 Å². The van der Waals surface area contributed by atoms with Crippen LogP contribution in [0.1, 0.15) is 26.7 Å². The monoisotopic (exact) mass is 356 g/mol. The van der Waals surface area contributed by atoms with Gasteiger partial charge in [0.15, 0.2) is 5.82 Å². The number of nitrogens with zero attached hydrogens (tertiary/aromatic N) is 2. The van der Waals surface area contributed by atoms with Gasteiger partial charge in [-0.05, 0) is 43.3 Å². The Bertz CT molecular complexity index is 922. The van der Waals surface area contributed by atoms with Crippen molar-refractivity contribution in [3.8, 4) is 0 Å². The highest BCUT2D eigenvalue weighted by Gasteiger charge is 2.14. The average molecular weight is 357 g/mol. The number of hydrogen-bond acceptors (Lipinski definition) is 5. The Balaban J connectivity index is 1.72. The number of aromatic nitrogens is 2. The molecule has 8 heteroatoms. The van der Waals surface area contributed by atoms with Crippen LogP contribution in [0.4, 0.5) is 11.5 Å². The summed E-state index contributed by atoms with van der Waals surface area (Å²) in [5.74, 6) is -0.0802. The number of carbonyl (C=O) groups excluding carboxylic acids is 2. The molecule has 0 bridgehead atoms. The second-order valence-corrected chi connectivity index (χ2v) is 5.58. The lowest BCUT2D eigenvalue weighted by Crippen LogP contribution is -2.18. The van der Waals surface area contributed by atoms with E-state index in [4.69, 9.17) is 16.1 Å². The van der Waals surface area contributed by atoms with Crippen LogP contribution in [0.2, 0.25) is 5.02 Å². The van der Waals surface area contributed by atoms with E-state index in [-0.39, 0.29) is 17.2 Å². The Hall–Kier alpha value is -3.19. The SMILES string of the molecule is Cc1cc(NC(=O)c2cccc(C(=O)Nc3ccc(Cl)cc3)n2)no1. The molecule has 3 aromatic rings. The third-order valence-electron chi connectivity index (χ3n) is 3.19. The predicted octanol–water partition coefficient (Wildman–Crippen LogP) is 3.54. The standard InChI is InChI=1S/C17H13ClN4O3/c1-10-9-15(22-25-10)21-17(24)14-4-2-3-13(20-14)16(23)19-12-7-5-11(18)6-8-12/h2-9H,1H3,(H,19,23)(H,21,22,24). The summed E-state index contributed by atoms with van der Waals surface area (Å²) in [7, 11) is 0. The van der Waals surface area contributed by atoms with Gasteiger partial charge in [-0.25, -0.2) is 4.98 Å². The van der Waals surface area contributed by atoms with Gasteiger partial charge in [0.2, 0.25) is 0 Å². The number of anilines is 2. The highest BCUT2D eigenvalue weighted by atomic mass is 35.5. The summed E-state index contributed by atoms with van der Waals surface area (Å²) in [5, 5.41) is 9.48. The Morgan fingerprint density at radius 3 is 2.24 bits per heavy atom. The van der Waals surface area contributed by atoms with E-state index in [1.165, 1.54) is 12.1 Å². The lowest BCUT2D eigenvalue weighted by atomic mass is 10.2. The molecule has 2 N–H and O–H groups in total. The number of halogens is 1. The number of amides is 2. The Morgan fingerprint density at radius 2 is 1.64 bits per heavy atom. The van der Waals surface area contributed by atoms with Crippen LogP contribution < -0.4 is 10.6 Å². The number of aryl methyl sites for hydroxylation is 1. The largest absolute Gasteiger partial charge is 0.360 e. The molecule has 0 aliphatic carbocycles. The molecule has 0 spiro atoms. The summed E-state index contributed by atoms with van der Waals surface area (Å²) >= 11 is 5.81. The van der Waals surface area contributed by atoms with Crippen molar-refractivity contribution < 1.29 is 14.1 Å². The molecule has 2 amide bonds. The first-order valence-electron chi connectivity index (χ1n) is 7.30. The number of nitrogens with one attached hydrogen (secondary N) is 2. The van der Waals surface area contributed by atoms with E-state index in [0.717, 1.165) is 0 Å². The van der Waals surface area contributed by atoms with Crippen molar-refractivity contribution in [2.75, 3.05) is 10.6 Å². The second-order valence-electron chi connectivity index (χ2n) is 5.15. The van der Waals surface area contributed by atoms with Crippen molar-refractivity contribution in [3.05, 3.63) is 70.7 Å². The number of rotatable bonds is 4. The molecule has 0 radical (unpaired) electrons. The summed E-state index contributed by atoms with van der Waals surface area (Å²) in [5.41, 5.74) is 0.771. The van der Waals surface area contributed by atoms with Gasteiger partial charge in [-0.15, -0.1) is 0 Å². The minimum Gasteiger partial charge on any atom is -0.360 e. The first-order chi connectivity index (χ1) is 12.0. The van der Waals surface area contributed by atoms with Gasteiger partial charge in [0, 0.05) is 16.8 Å². The highest BCUT2D eigenvalue weighted by Crippen LogP contribution is 2.14. The number of pyridine rings is 1. The minimum atomic E-state index is -0.491. The summed E-state index contributed by atoms with van der Waals surface area (Å²) in [4.78, 5) is 28.5. The van der Waals surface area contributed by atoms with Gasteiger partial charge < -0.3 is 15.2 Å². The summed E-state index contributed by atoms with van der Waals surface area (Å²) < 4.78 is 4.88. The van der Waals surface area contributed by atoms with Crippen LogP contribution in [0.5, 0.6) is 0 Å². The molecule has 0 aliphatic rings. The van der Waals surface area contributed by atoms with Gasteiger partial charge in [-0.3, -0.25) is 9.59 Å². The smallest absolute Gasteiger partial charge is 0.275 e. The predicted molar refractivity (Wildman–Crippen MR) is 92.8 cm³/mol. The molecule has 2 heterocycles. The van der Waals surface area contributed by atoms with E-state index >= 15 is 0 Å². The molecule has 3 rings (SSSR count). The van der Waals surface area contributed by atoms with Crippen molar-refractivity contribution in [3.63, 3.8) is 0 Å². The fourth-order valence-corrected chi connectivity index (χ4v) is 2.15. The van der Waals surface area contributed by atoms with Gasteiger partial charge in [0.25, 0.3) is 11.8 Å². The Morgan fingerprint density at radius 1 is 1.00 bits per heavy atom. The average Bonchev–Trinajstić information content (AvgIpc) is 3.02. The Labute approximate surface area is 148 Å². The van der Waals surface area contributed by atoms with Crippen LogP contribution in [0, 0.1) is 6.92 Å². The molecule has 25 heavy (non-hydrogen) atoms. The van der Waals surface area contributed by atoms with Crippen LogP contribution in [-0.2, 0) is 0 Å². The number of benzene rings is 1. The summed E-state index contributed by atoms with van der Waals surface area (Å²) in [6.45, 7) is 1.71. The molecular weight excluding hydrogens is 344 g/mol. The van der Waals surface area contributed by atoms with Crippen molar-refractivity contribution in [1.82, 2.24) is 10.1 Å². The fraction of sp³-hybridized carbons (Fsp3) is 0.0588. The molecule has 0 fully saturated rings. The zero-order valence-electron chi connectivity index (χ0n) is 13.1. The lowest BCUT2D eigenvalue weighted by Gasteiger charge is -2.06. The number of hydrogen-bond donors (Lipinski definition) is 2. The number of carbonyl (C=O) groups is 2.